The minimum Gasteiger partial charge on any atom is -0.485 e. The summed E-state index contributed by atoms with van der Waals surface area (Å²) in [5, 5.41) is 4.07. The number of fused-ring (bicyclic) bond motifs is 2. The number of hydrogen-bond donors (Lipinski definition) is 0. The molecule has 0 radical (unpaired) electrons. The summed E-state index contributed by atoms with van der Waals surface area (Å²) in [5.74, 6) is 3.46. The predicted octanol–water partition coefficient (Wildman–Crippen LogP) is 7.62. The van der Waals surface area contributed by atoms with E-state index in [1.54, 1.807) is 22.7 Å². The third-order valence-corrected chi connectivity index (χ3v) is 8.20. The van der Waals surface area contributed by atoms with Gasteiger partial charge in [0.15, 0.2) is 23.0 Å². The van der Waals surface area contributed by atoms with Gasteiger partial charge in [0.1, 0.15) is 26.4 Å². The van der Waals surface area contributed by atoms with Gasteiger partial charge in [0.05, 0.1) is 9.75 Å². The minimum atomic E-state index is 0.600. The molecule has 0 aliphatic carbocycles. The third kappa shape index (κ3) is 4.34. The zero-order chi connectivity index (χ0) is 23.6. The molecule has 0 bridgehead atoms. The van der Waals surface area contributed by atoms with Crippen molar-refractivity contribution < 1.29 is 18.9 Å². The maximum absolute atomic E-state index is 5.88. The number of unbranched alkanes of at least 4 members (excludes halogenated alkanes) is 1. The average molecular weight is 506 g/mol. The van der Waals surface area contributed by atoms with E-state index in [0.29, 0.717) is 26.4 Å². The average Bonchev–Trinajstić information content (AvgIpc) is 3.54. The molecule has 4 heterocycles. The molecule has 2 aromatic heterocycles. The smallest absolute Gasteiger partial charge is 0.179 e. The number of nitrogens with zero attached hydrogens (tertiary/aromatic N) is 1. The number of ether oxygens (including phenoxy) is 4. The Morgan fingerprint density at radius 3 is 1.57 bits per heavy atom. The Morgan fingerprint density at radius 1 is 0.657 bits per heavy atom. The molecule has 0 atom stereocenters. The molecule has 0 saturated carbocycles. The molecule has 0 unspecified atom stereocenters. The first-order valence-electron chi connectivity index (χ1n) is 12.0. The van der Waals surface area contributed by atoms with E-state index in [1.807, 2.05) is 10.8 Å². The van der Waals surface area contributed by atoms with Gasteiger partial charge in [-0.1, -0.05) is 37.6 Å². The molecule has 2 aliphatic heterocycles. The van der Waals surface area contributed by atoms with Gasteiger partial charge in [-0.15, -0.1) is 22.7 Å². The van der Waals surface area contributed by atoms with E-state index in [0.717, 1.165) is 63.3 Å². The standard InChI is InChI=1S/C28H27NO4S2/c1-2-3-12-29(21-8-4-19(5-9-21)27-25-23(17-34-27)30-13-15-32-25)22-10-6-20(7-11-22)28-26-24(18-35-28)31-14-16-33-26/h4-11,17-18H,2-3,12-16H2,1H3. The highest BCUT2D eigenvalue weighted by molar-refractivity contribution is 7.14. The van der Waals surface area contributed by atoms with E-state index < -0.39 is 0 Å². The van der Waals surface area contributed by atoms with Crippen LogP contribution in [0.5, 0.6) is 23.0 Å². The van der Waals surface area contributed by atoms with Gasteiger partial charge in [0.2, 0.25) is 0 Å². The number of rotatable bonds is 7. The molecule has 0 fully saturated rings. The molecule has 2 aliphatic rings. The lowest BCUT2D eigenvalue weighted by atomic mass is 10.1. The number of anilines is 2. The molecule has 6 rings (SSSR count). The molecule has 0 N–H and O–H groups in total. The molecule has 7 heteroatoms. The topological polar surface area (TPSA) is 40.2 Å². The maximum atomic E-state index is 5.88. The zero-order valence-corrected chi connectivity index (χ0v) is 21.3. The normalized spacial score (nSPS) is 14.1. The van der Waals surface area contributed by atoms with Gasteiger partial charge in [-0.3, -0.25) is 0 Å². The summed E-state index contributed by atoms with van der Waals surface area (Å²) in [5.41, 5.74) is 4.67. The summed E-state index contributed by atoms with van der Waals surface area (Å²) in [4.78, 5) is 4.65. The number of hydrogen-bond acceptors (Lipinski definition) is 7. The van der Waals surface area contributed by atoms with Gasteiger partial charge in [0, 0.05) is 28.7 Å². The summed E-state index contributed by atoms with van der Waals surface area (Å²) >= 11 is 3.34. The molecular weight excluding hydrogens is 478 g/mol. The van der Waals surface area contributed by atoms with Crippen LogP contribution in [-0.4, -0.2) is 33.0 Å². The first-order valence-corrected chi connectivity index (χ1v) is 13.8. The molecule has 5 nitrogen and oxygen atoms in total. The fourth-order valence-electron chi connectivity index (χ4n) is 4.43. The van der Waals surface area contributed by atoms with Crippen molar-refractivity contribution in [1.82, 2.24) is 0 Å². The van der Waals surface area contributed by atoms with Gasteiger partial charge in [0.25, 0.3) is 0 Å². The van der Waals surface area contributed by atoms with Crippen LogP contribution in [0.2, 0.25) is 0 Å². The van der Waals surface area contributed by atoms with E-state index in [-0.39, 0.29) is 0 Å². The van der Waals surface area contributed by atoms with Crippen molar-refractivity contribution >= 4 is 34.0 Å². The van der Waals surface area contributed by atoms with Crippen LogP contribution in [0.25, 0.3) is 20.9 Å². The molecule has 4 aromatic rings. The summed E-state index contributed by atoms with van der Waals surface area (Å²) in [6, 6.07) is 17.5. The Kier molecular flexibility index (Phi) is 6.27. The van der Waals surface area contributed by atoms with Gasteiger partial charge < -0.3 is 23.8 Å². The quantitative estimate of drug-likeness (QED) is 0.258. The Hall–Kier alpha value is -3.16. The summed E-state index contributed by atoms with van der Waals surface area (Å²) in [7, 11) is 0. The van der Waals surface area contributed by atoms with Crippen LogP contribution in [0.1, 0.15) is 19.8 Å². The van der Waals surface area contributed by atoms with E-state index in [1.165, 1.54) is 11.4 Å². The second kappa shape index (κ2) is 9.84. The molecule has 0 amide bonds. The Morgan fingerprint density at radius 2 is 1.11 bits per heavy atom. The molecule has 35 heavy (non-hydrogen) atoms. The highest BCUT2D eigenvalue weighted by atomic mass is 32.1. The molecule has 2 aromatic carbocycles. The summed E-state index contributed by atoms with van der Waals surface area (Å²) in [6.45, 7) is 5.62. The number of thiophene rings is 2. The first-order chi connectivity index (χ1) is 17.3. The highest BCUT2D eigenvalue weighted by Gasteiger charge is 2.21. The van der Waals surface area contributed by atoms with Crippen LogP contribution in [-0.2, 0) is 0 Å². The van der Waals surface area contributed by atoms with Crippen LogP contribution < -0.4 is 23.8 Å². The van der Waals surface area contributed by atoms with Crippen molar-refractivity contribution in [2.45, 2.75) is 19.8 Å². The largest absolute Gasteiger partial charge is 0.485 e. The van der Waals surface area contributed by atoms with Crippen LogP contribution in [0.15, 0.2) is 59.3 Å². The van der Waals surface area contributed by atoms with Gasteiger partial charge >= 0.3 is 0 Å². The van der Waals surface area contributed by atoms with E-state index in [4.69, 9.17) is 18.9 Å². The van der Waals surface area contributed by atoms with Gasteiger partial charge in [-0.2, -0.15) is 0 Å². The predicted molar refractivity (Wildman–Crippen MR) is 143 cm³/mol. The molecular formula is C28H27NO4S2. The van der Waals surface area contributed by atoms with Crippen LogP contribution in [0.4, 0.5) is 11.4 Å². The van der Waals surface area contributed by atoms with Crippen molar-refractivity contribution in [1.29, 1.82) is 0 Å². The molecule has 0 spiro atoms. The monoisotopic (exact) mass is 505 g/mol. The lowest BCUT2D eigenvalue weighted by Gasteiger charge is -2.25. The first kappa shape index (κ1) is 22.3. The highest BCUT2D eigenvalue weighted by Crippen LogP contribution is 2.47. The van der Waals surface area contributed by atoms with E-state index in [9.17, 15) is 0 Å². The minimum absolute atomic E-state index is 0.600. The van der Waals surface area contributed by atoms with Crippen molar-refractivity contribution in [3.8, 4) is 43.9 Å². The van der Waals surface area contributed by atoms with E-state index in [2.05, 4.69) is 60.4 Å². The number of benzene rings is 2. The summed E-state index contributed by atoms with van der Waals surface area (Å²) in [6.07, 6.45) is 2.26. The fraction of sp³-hybridized carbons (Fsp3) is 0.286. The Labute approximate surface area is 213 Å². The lowest BCUT2D eigenvalue weighted by molar-refractivity contribution is 0.174. The second-order valence-corrected chi connectivity index (χ2v) is 10.3. The maximum Gasteiger partial charge on any atom is 0.179 e. The van der Waals surface area contributed by atoms with Crippen LogP contribution in [0.3, 0.4) is 0 Å². The molecule has 0 saturated heterocycles. The van der Waals surface area contributed by atoms with Crippen molar-refractivity contribution in [2.75, 3.05) is 37.9 Å². The second-order valence-electron chi connectivity index (χ2n) is 8.51. The van der Waals surface area contributed by atoms with Crippen molar-refractivity contribution in [3.05, 3.63) is 59.3 Å². The van der Waals surface area contributed by atoms with E-state index >= 15 is 0 Å². The van der Waals surface area contributed by atoms with Crippen molar-refractivity contribution in [3.63, 3.8) is 0 Å². The molecule has 180 valence electrons. The zero-order valence-electron chi connectivity index (χ0n) is 19.6. The van der Waals surface area contributed by atoms with Crippen LogP contribution >= 0.6 is 22.7 Å². The Bertz CT molecular complexity index is 1200. The van der Waals surface area contributed by atoms with Crippen LogP contribution in [0, 0.1) is 0 Å². The van der Waals surface area contributed by atoms with Gasteiger partial charge in [-0.25, -0.2) is 0 Å². The lowest BCUT2D eigenvalue weighted by Crippen LogP contribution is -2.18. The SMILES string of the molecule is CCCCN(c1ccc(-c2scc3c2OCCO3)cc1)c1ccc(-c2scc3c2OCCO3)cc1. The summed E-state index contributed by atoms with van der Waals surface area (Å²) < 4.78 is 23.2. The Balaban J connectivity index is 1.27. The fourth-order valence-corrected chi connectivity index (χ4v) is 6.31. The van der Waals surface area contributed by atoms with Gasteiger partial charge in [-0.05, 0) is 41.8 Å². The van der Waals surface area contributed by atoms with Crippen molar-refractivity contribution in [2.24, 2.45) is 0 Å². The third-order valence-electron chi connectivity index (χ3n) is 6.22.